The van der Waals surface area contributed by atoms with Crippen LogP contribution in [0.25, 0.3) is 0 Å². The minimum Gasteiger partial charge on any atom is -0.371 e. The molecule has 3 rings (SSSR count). The average molecular weight is 345 g/mol. The molecule has 0 unspecified atom stereocenters. The quantitative estimate of drug-likeness (QED) is 0.861. The van der Waals surface area contributed by atoms with Gasteiger partial charge in [0, 0.05) is 44.3 Å². The SMILES string of the molecule is CC1(C)CCN(CC(=O)NCCC2CCN(c3ccncc3)CC2)C1. The zero-order valence-electron chi connectivity index (χ0n) is 15.7. The molecule has 5 heteroatoms. The lowest BCUT2D eigenvalue weighted by Gasteiger charge is -2.33. The van der Waals surface area contributed by atoms with Crippen LogP contribution in [0, 0.1) is 11.3 Å². The molecule has 2 fully saturated rings. The van der Waals surface area contributed by atoms with Gasteiger partial charge in [-0.25, -0.2) is 0 Å². The second kappa shape index (κ2) is 8.17. The molecule has 0 radical (unpaired) electrons. The Morgan fingerprint density at radius 2 is 1.96 bits per heavy atom. The average Bonchev–Trinajstić information content (AvgIpc) is 2.95. The second-order valence-electron chi connectivity index (χ2n) is 8.40. The number of carbonyl (C=O) groups excluding carboxylic acids is 1. The van der Waals surface area contributed by atoms with Crippen molar-refractivity contribution < 1.29 is 4.79 Å². The molecule has 138 valence electrons. The third-order valence-corrected chi connectivity index (χ3v) is 5.64. The van der Waals surface area contributed by atoms with E-state index in [0.717, 1.165) is 45.1 Å². The van der Waals surface area contributed by atoms with Gasteiger partial charge in [-0.05, 0) is 55.7 Å². The van der Waals surface area contributed by atoms with Crippen molar-refractivity contribution in [1.82, 2.24) is 15.2 Å². The van der Waals surface area contributed by atoms with E-state index < -0.39 is 0 Å². The molecule has 1 N–H and O–H groups in total. The monoisotopic (exact) mass is 344 g/mol. The Balaban J connectivity index is 1.30. The zero-order chi connectivity index (χ0) is 17.7. The largest absolute Gasteiger partial charge is 0.371 e. The van der Waals surface area contributed by atoms with Crippen molar-refractivity contribution in [2.75, 3.05) is 44.2 Å². The van der Waals surface area contributed by atoms with Crippen molar-refractivity contribution in [3.63, 3.8) is 0 Å². The fourth-order valence-electron chi connectivity index (χ4n) is 4.07. The molecule has 3 heterocycles. The van der Waals surface area contributed by atoms with Crippen LogP contribution in [-0.4, -0.2) is 55.1 Å². The standard InChI is InChI=1S/C20H32N4O/c1-20(2)8-14-23(16-20)15-19(25)22-11-3-17-6-12-24(13-7-17)18-4-9-21-10-5-18/h4-5,9-10,17H,3,6-8,11-16H2,1-2H3,(H,22,25). The molecule has 0 bridgehead atoms. The summed E-state index contributed by atoms with van der Waals surface area (Å²) in [4.78, 5) is 20.9. The Morgan fingerprint density at radius 3 is 2.60 bits per heavy atom. The summed E-state index contributed by atoms with van der Waals surface area (Å²) in [5.41, 5.74) is 1.64. The van der Waals surface area contributed by atoms with Gasteiger partial charge in [0.05, 0.1) is 6.54 Å². The van der Waals surface area contributed by atoms with Crippen LogP contribution < -0.4 is 10.2 Å². The second-order valence-corrected chi connectivity index (χ2v) is 8.40. The molecule has 0 saturated carbocycles. The highest BCUT2D eigenvalue weighted by atomic mass is 16.2. The number of amides is 1. The van der Waals surface area contributed by atoms with Crippen molar-refractivity contribution >= 4 is 11.6 Å². The Bertz CT molecular complexity index is 552. The first-order valence-electron chi connectivity index (χ1n) is 9.66. The van der Waals surface area contributed by atoms with Crippen LogP contribution in [0.2, 0.25) is 0 Å². The first-order valence-corrected chi connectivity index (χ1v) is 9.66. The van der Waals surface area contributed by atoms with E-state index in [4.69, 9.17) is 0 Å². The van der Waals surface area contributed by atoms with Crippen molar-refractivity contribution in [2.24, 2.45) is 11.3 Å². The highest BCUT2D eigenvalue weighted by Gasteiger charge is 2.30. The van der Waals surface area contributed by atoms with Crippen LogP contribution in [0.15, 0.2) is 24.5 Å². The predicted octanol–water partition coefficient (Wildman–Crippen LogP) is 2.54. The van der Waals surface area contributed by atoms with E-state index >= 15 is 0 Å². The summed E-state index contributed by atoms with van der Waals surface area (Å²) in [6.07, 6.45) is 8.42. The third kappa shape index (κ3) is 5.43. The molecule has 0 atom stereocenters. The summed E-state index contributed by atoms with van der Waals surface area (Å²) >= 11 is 0. The number of rotatable bonds is 6. The number of nitrogens with zero attached hydrogens (tertiary/aromatic N) is 3. The number of aromatic nitrogens is 1. The Labute approximate surface area is 151 Å². The van der Waals surface area contributed by atoms with E-state index in [1.807, 2.05) is 12.4 Å². The molecule has 0 aliphatic carbocycles. The smallest absolute Gasteiger partial charge is 0.234 e. The van der Waals surface area contributed by atoms with E-state index in [1.165, 1.54) is 24.9 Å². The molecule has 2 aliphatic rings. The normalized spacial score (nSPS) is 21.4. The molecule has 0 aromatic carbocycles. The van der Waals surface area contributed by atoms with Crippen LogP contribution in [0.5, 0.6) is 0 Å². The Hall–Kier alpha value is -1.62. The van der Waals surface area contributed by atoms with Gasteiger partial charge in [0.2, 0.25) is 5.91 Å². The van der Waals surface area contributed by atoms with Gasteiger partial charge in [0.15, 0.2) is 0 Å². The highest BCUT2D eigenvalue weighted by Crippen LogP contribution is 2.28. The van der Waals surface area contributed by atoms with Crippen molar-refractivity contribution in [2.45, 2.75) is 39.5 Å². The summed E-state index contributed by atoms with van der Waals surface area (Å²) < 4.78 is 0. The molecule has 1 amide bonds. The van der Waals surface area contributed by atoms with E-state index in [9.17, 15) is 4.79 Å². The van der Waals surface area contributed by atoms with Gasteiger partial charge < -0.3 is 10.2 Å². The van der Waals surface area contributed by atoms with Crippen molar-refractivity contribution in [1.29, 1.82) is 0 Å². The summed E-state index contributed by atoms with van der Waals surface area (Å²) in [5, 5.41) is 3.12. The number of nitrogens with one attached hydrogen (secondary N) is 1. The topological polar surface area (TPSA) is 48.5 Å². The number of carbonyl (C=O) groups is 1. The van der Waals surface area contributed by atoms with E-state index in [0.29, 0.717) is 12.0 Å². The lowest BCUT2D eigenvalue weighted by molar-refractivity contribution is -0.122. The summed E-state index contributed by atoms with van der Waals surface area (Å²) in [6, 6.07) is 4.17. The van der Waals surface area contributed by atoms with Crippen LogP contribution in [-0.2, 0) is 4.79 Å². The van der Waals surface area contributed by atoms with Crippen molar-refractivity contribution in [3.8, 4) is 0 Å². The number of hydrogen-bond donors (Lipinski definition) is 1. The number of likely N-dealkylation sites (tertiary alicyclic amines) is 1. The van der Waals surface area contributed by atoms with Crippen LogP contribution in [0.4, 0.5) is 5.69 Å². The molecular weight excluding hydrogens is 312 g/mol. The zero-order valence-corrected chi connectivity index (χ0v) is 15.7. The number of piperidine rings is 1. The summed E-state index contributed by atoms with van der Waals surface area (Å²) in [7, 11) is 0. The number of anilines is 1. The van der Waals surface area contributed by atoms with Crippen LogP contribution >= 0.6 is 0 Å². The first kappa shape index (κ1) is 18.2. The van der Waals surface area contributed by atoms with Gasteiger partial charge in [-0.3, -0.25) is 14.7 Å². The summed E-state index contributed by atoms with van der Waals surface area (Å²) in [6.45, 7) is 10.2. The fraction of sp³-hybridized carbons (Fsp3) is 0.700. The first-order chi connectivity index (χ1) is 12.0. The predicted molar refractivity (Wildman–Crippen MR) is 102 cm³/mol. The van der Waals surface area contributed by atoms with Crippen LogP contribution in [0.3, 0.4) is 0 Å². The van der Waals surface area contributed by atoms with Crippen LogP contribution in [0.1, 0.15) is 39.5 Å². The minimum absolute atomic E-state index is 0.187. The van der Waals surface area contributed by atoms with Gasteiger partial charge in [-0.1, -0.05) is 13.8 Å². The maximum Gasteiger partial charge on any atom is 0.234 e. The van der Waals surface area contributed by atoms with E-state index in [-0.39, 0.29) is 5.91 Å². The van der Waals surface area contributed by atoms with E-state index in [2.05, 4.69) is 46.1 Å². The molecule has 25 heavy (non-hydrogen) atoms. The Morgan fingerprint density at radius 1 is 1.24 bits per heavy atom. The molecule has 0 spiro atoms. The van der Waals surface area contributed by atoms with Crippen molar-refractivity contribution in [3.05, 3.63) is 24.5 Å². The molecule has 2 aliphatic heterocycles. The molecule has 1 aromatic rings. The van der Waals surface area contributed by atoms with Gasteiger partial charge in [0.1, 0.15) is 0 Å². The van der Waals surface area contributed by atoms with Gasteiger partial charge >= 0.3 is 0 Å². The molecule has 5 nitrogen and oxygen atoms in total. The lowest BCUT2D eigenvalue weighted by atomic mass is 9.93. The molecule has 2 saturated heterocycles. The third-order valence-electron chi connectivity index (χ3n) is 5.64. The molecule has 1 aromatic heterocycles. The summed E-state index contributed by atoms with van der Waals surface area (Å²) in [5.74, 6) is 0.913. The van der Waals surface area contributed by atoms with Gasteiger partial charge in [0.25, 0.3) is 0 Å². The van der Waals surface area contributed by atoms with Gasteiger partial charge in [-0.2, -0.15) is 0 Å². The fourth-order valence-corrected chi connectivity index (χ4v) is 4.07. The van der Waals surface area contributed by atoms with E-state index in [1.54, 1.807) is 0 Å². The molecular formula is C20H32N4O. The minimum atomic E-state index is 0.187. The highest BCUT2D eigenvalue weighted by molar-refractivity contribution is 5.78. The maximum absolute atomic E-state index is 12.1. The lowest BCUT2D eigenvalue weighted by Crippen LogP contribution is -2.38. The number of hydrogen-bond acceptors (Lipinski definition) is 4. The van der Waals surface area contributed by atoms with Gasteiger partial charge in [-0.15, -0.1) is 0 Å². The number of pyridine rings is 1. The Kier molecular flexibility index (Phi) is 5.94. The maximum atomic E-state index is 12.1.